The second-order valence-electron chi connectivity index (χ2n) is 8.75. The first-order valence-electron chi connectivity index (χ1n) is 11.7. The summed E-state index contributed by atoms with van der Waals surface area (Å²) in [6.07, 6.45) is -2.30. The Labute approximate surface area is 222 Å². The van der Waals surface area contributed by atoms with Crippen molar-refractivity contribution in [3.63, 3.8) is 0 Å². The summed E-state index contributed by atoms with van der Waals surface area (Å²) >= 11 is 0. The zero-order valence-corrected chi connectivity index (χ0v) is 20.7. The quantitative estimate of drug-likeness (QED) is 0.294. The van der Waals surface area contributed by atoms with Gasteiger partial charge in [-0.1, -0.05) is 0 Å². The topological polar surface area (TPSA) is 139 Å². The van der Waals surface area contributed by atoms with Crippen LogP contribution in [0.3, 0.4) is 0 Å². The highest BCUT2D eigenvalue weighted by Crippen LogP contribution is 2.32. The molecule has 0 unspecified atom stereocenters. The second kappa shape index (κ2) is 11.5. The van der Waals surface area contributed by atoms with Gasteiger partial charge < -0.3 is 14.6 Å². The average Bonchev–Trinajstić information content (AvgIpc) is 2.88. The highest BCUT2D eigenvalue weighted by molar-refractivity contribution is 5.86. The van der Waals surface area contributed by atoms with E-state index >= 15 is 0 Å². The number of anilines is 1. The number of ether oxygens (including phenoxy) is 1. The Morgan fingerprint density at radius 1 is 1.20 bits per heavy atom. The number of halogens is 5. The van der Waals surface area contributed by atoms with Crippen LogP contribution in [0.4, 0.5) is 27.6 Å². The molecule has 3 aromatic heterocycles. The summed E-state index contributed by atoms with van der Waals surface area (Å²) in [5, 5.41) is 16.4. The lowest BCUT2D eigenvalue weighted by Gasteiger charge is -2.20. The lowest BCUT2D eigenvalue weighted by atomic mass is 10.1. The van der Waals surface area contributed by atoms with Crippen molar-refractivity contribution < 1.29 is 26.7 Å². The molecule has 40 heavy (non-hydrogen) atoms. The van der Waals surface area contributed by atoms with Gasteiger partial charge in [0, 0.05) is 18.7 Å². The SMILES string of the molecule is C[C@H](C[C@@H](F)Cn1ccc2cc(-c3ncc(OCC#N)cn3)c(F)cc2c1=O)Nc1cn[nH]c(=O)c1C(F)(F)F. The Kier molecular flexibility index (Phi) is 8.08. The van der Waals surface area contributed by atoms with Crippen molar-refractivity contribution in [1.29, 1.82) is 5.26 Å². The number of nitrogens with one attached hydrogen (secondary N) is 2. The zero-order chi connectivity index (χ0) is 29.0. The maximum absolute atomic E-state index is 14.9. The van der Waals surface area contributed by atoms with E-state index in [1.165, 1.54) is 37.6 Å². The summed E-state index contributed by atoms with van der Waals surface area (Å²) in [6.45, 7) is 0.758. The lowest BCUT2D eigenvalue weighted by molar-refractivity contribution is -0.138. The molecule has 3 heterocycles. The number of aromatic nitrogens is 5. The molecule has 0 radical (unpaired) electrons. The highest BCUT2D eigenvalue weighted by Gasteiger charge is 2.37. The monoisotopic (exact) mass is 561 g/mol. The maximum atomic E-state index is 14.9. The van der Waals surface area contributed by atoms with Gasteiger partial charge in [0.1, 0.15) is 23.6 Å². The van der Waals surface area contributed by atoms with Crippen molar-refractivity contribution in [2.75, 3.05) is 11.9 Å². The molecule has 0 fully saturated rings. The summed E-state index contributed by atoms with van der Waals surface area (Å²) < 4.78 is 75.6. The molecule has 1 aromatic carbocycles. The number of H-pyrrole nitrogens is 1. The normalized spacial score (nSPS) is 13.0. The van der Waals surface area contributed by atoms with E-state index in [0.717, 1.165) is 16.8 Å². The number of alkyl halides is 4. The Bertz CT molecular complexity index is 1680. The van der Waals surface area contributed by atoms with Gasteiger partial charge in [0.05, 0.1) is 41.8 Å². The van der Waals surface area contributed by atoms with Crippen LogP contribution in [-0.4, -0.2) is 43.6 Å². The van der Waals surface area contributed by atoms with Crippen molar-refractivity contribution >= 4 is 16.5 Å². The summed E-state index contributed by atoms with van der Waals surface area (Å²) in [5.41, 5.74) is -4.19. The van der Waals surface area contributed by atoms with Crippen molar-refractivity contribution in [2.45, 2.75) is 38.3 Å². The molecule has 0 aliphatic carbocycles. The van der Waals surface area contributed by atoms with E-state index < -0.39 is 53.1 Å². The number of aromatic amines is 1. The molecule has 0 aliphatic rings. The van der Waals surface area contributed by atoms with Gasteiger partial charge in [0.2, 0.25) is 0 Å². The molecular weight excluding hydrogens is 541 g/mol. The smallest absolute Gasteiger partial charge is 0.423 e. The van der Waals surface area contributed by atoms with Crippen LogP contribution in [0.1, 0.15) is 18.9 Å². The van der Waals surface area contributed by atoms with Crippen molar-refractivity contribution in [2.24, 2.45) is 0 Å². The molecular formula is C25H20F5N7O3. The zero-order valence-electron chi connectivity index (χ0n) is 20.7. The fourth-order valence-corrected chi connectivity index (χ4v) is 4.05. The van der Waals surface area contributed by atoms with Gasteiger partial charge in [0.15, 0.2) is 18.2 Å². The number of nitriles is 1. The third-order valence-corrected chi connectivity index (χ3v) is 5.78. The van der Waals surface area contributed by atoms with Crippen LogP contribution in [0.2, 0.25) is 0 Å². The van der Waals surface area contributed by atoms with Gasteiger partial charge in [-0.05, 0) is 30.5 Å². The fourth-order valence-electron chi connectivity index (χ4n) is 4.05. The van der Waals surface area contributed by atoms with Gasteiger partial charge in [-0.15, -0.1) is 0 Å². The Balaban J connectivity index is 1.49. The minimum Gasteiger partial charge on any atom is -0.476 e. The Morgan fingerprint density at radius 2 is 1.93 bits per heavy atom. The summed E-state index contributed by atoms with van der Waals surface area (Å²) in [6, 6.07) is 4.77. The third-order valence-electron chi connectivity index (χ3n) is 5.78. The number of pyridine rings is 1. The number of fused-ring (bicyclic) bond motifs is 1. The van der Waals surface area contributed by atoms with Crippen LogP contribution >= 0.6 is 0 Å². The van der Waals surface area contributed by atoms with Crippen LogP contribution in [-0.2, 0) is 12.7 Å². The molecule has 0 aliphatic heterocycles. The third kappa shape index (κ3) is 6.22. The number of nitrogens with zero attached hydrogens (tertiary/aromatic N) is 5. The Hall–Kier alpha value is -4.87. The predicted octanol–water partition coefficient (Wildman–Crippen LogP) is 3.83. The molecule has 10 nitrogen and oxygen atoms in total. The van der Waals surface area contributed by atoms with E-state index in [4.69, 9.17) is 10.00 Å². The molecule has 0 bridgehead atoms. The fraction of sp³-hybridized carbons (Fsp3) is 0.280. The minimum atomic E-state index is -4.96. The lowest BCUT2D eigenvalue weighted by Crippen LogP contribution is -2.30. The van der Waals surface area contributed by atoms with Gasteiger partial charge in [-0.2, -0.15) is 23.5 Å². The largest absolute Gasteiger partial charge is 0.476 e. The minimum absolute atomic E-state index is 0.00668. The summed E-state index contributed by atoms with van der Waals surface area (Å²) in [7, 11) is 0. The van der Waals surface area contributed by atoms with E-state index in [0.29, 0.717) is 5.39 Å². The standard InChI is InChI=1S/C25H20F5N7O3/c1-13(35-20-11-34-36-23(38)21(20)25(28,29)30)6-15(26)12-37-4-2-14-7-18(19(27)8-17(14)24(37)39)22-32-9-16(10-33-22)40-5-3-31/h2,4,7-11,13,15H,5-6,12H2,1H3,(H2,35,36,38)/t13-,15-/m1/s1. The van der Waals surface area contributed by atoms with Crippen LogP contribution in [0.15, 0.2) is 52.6 Å². The molecule has 0 spiro atoms. The van der Waals surface area contributed by atoms with Crippen LogP contribution < -0.4 is 21.2 Å². The summed E-state index contributed by atoms with van der Waals surface area (Å²) in [5.74, 6) is -0.563. The van der Waals surface area contributed by atoms with E-state index in [1.807, 2.05) is 0 Å². The molecule has 2 N–H and O–H groups in total. The average molecular weight is 561 g/mol. The molecule has 0 saturated carbocycles. The molecule has 208 valence electrons. The van der Waals surface area contributed by atoms with Gasteiger partial charge >= 0.3 is 6.18 Å². The molecule has 4 rings (SSSR count). The molecule has 0 saturated heterocycles. The second-order valence-corrected chi connectivity index (χ2v) is 8.75. The van der Waals surface area contributed by atoms with E-state index in [1.54, 1.807) is 11.2 Å². The summed E-state index contributed by atoms with van der Waals surface area (Å²) in [4.78, 5) is 32.6. The number of benzene rings is 1. The van der Waals surface area contributed by atoms with Crippen LogP contribution in [0.25, 0.3) is 22.2 Å². The first-order chi connectivity index (χ1) is 19.0. The molecule has 0 amide bonds. The van der Waals surface area contributed by atoms with Crippen molar-refractivity contribution in [3.05, 3.63) is 75.1 Å². The first-order valence-corrected chi connectivity index (χ1v) is 11.7. The van der Waals surface area contributed by atoms with E-state index in [9.17, 15) is 31.5 Å². The first kappa shape index (κ1) is 28.1. The van der Waals surface area contributed by atoms with Gasteiger partial charge in [0.25, 0.3) is 11.1 Å². The number of hydrogen-bond acceptors (Lipinski definition) is 8. The van der Waals surface area contributed by atoms with Crippen LogP contribution in [0, 0.1) is 17.1 Å². The van der Waals surface area contributed by atoms with Crippen molar-refractivity contribution in [3.8, 4) is 23.2 Å². The van der Waals surface area contributed by atoms with Gasteiger partial charge in [-0.3, -0.25) is 9.59 Å². The molecule has 2 atom stereocenters. The number of hydrogen-bond donors (Lipinski definition) is 2. The van der Waals surface area contributed by atoms with E-state index in [-0.39, 0.29) is 35.6 Å². The van der Waals surface area contributed by atoms with Gasteiger partial charge in [-0.25, -0.2) is 23.8 Å². The molecule has 15 heteroatoms. The molecule has 4 aromatic rings. The Morgan fingerprint density at radius 3 is 2.60 bits per heavy atom. The van der Waals surface area contributed by atoms with Crippen LogP contribution in [0.5, 0.6) is 5.75 Å². The predicted molar refractivity (Wildman–Crippen MR) is 133 cm³/mol. The number of rotatable bonds is 9. The van der Waals surface area contributed by atoms with E-state index in [2.05, 4.69) is 20.4 Å². The highest BCUT2D eigenvalue weighted by atomic mass is 19.4. The van der Waals surface area contributed by atoms with Crippen molar-refractivity contribution in [1.82, 2.24) is 24.7 Å². The maximum Gasteiger partial charge on any atom is 0.423 e.